The molecule has 0 radical (unpaired) electrons. The van der Waals surface area contributed by atoms with Crippen LogP contribution in [-0.2, 0) is 28.6 Å². The Morgan fingerprint density at radius 1 is 0.825 bits per heavy atom. The first kappa shape index (κ1) is 49.1. The average molecular weight is 805 g/mol. The monoisotopic (exact) mass is 805 g/mol. The van der Waals surface area contributed by atoms with Gasteiger partial charge in [-0.15, -0.1) is 0 Å². The third-order valence-electron chi connectivity index (χ3n) is 13.6. The molecule has 2 saturated heterocycles. The molecule has 3 rings (SSSR count). The van der Waals surface area contributed by atoms with Gasteiger partial charge in [0.2, 0.25) is 0 Å². The quantitative estimate of drug-likeness (QED) is 0.202. The van der Waals surface area contributed by atoms with Gasteiger partial charge in [-0.1, -0.05) is 92.7 Å². The van der Waals surface area contributed by atoms with Crippen molar-refractivity contribution in [2.75, 3.05) is 0 Å². The molecule has 5 N–H and O–H groups in total. The van der Waals surface area contributed by atoms with Crippen molar-refractivity contribution in [3.63, 3.8) is 0 Å². The third-order valence-corrected chi connectivity index (χ3v) is 13.6. The SMILES string of the molecule is CC[C@H]1/C=C/C=C/C[C@@H](C)[C@H](O)[C@@](C)(O)C(=O)[C@@H](C)[C@H](O)[C@@H](C)C(=O)[C@@H](C)[C@H](O)[C@@H](C)/C=C/C(=O)O[C@@H]2[C@H](C)[C@H](CC1)O[C@]1(CC[C@H](C)[C@H](C[C@@H](C)O)O1)[C@H]2CC. The van der Waals surface area contributed by atoms with E-state index in [1.54, 1.807) is 27.7 Å². The maximum Gasteiger partial charge on any atom is 0.330 e. The Labute approximate surface area is 342 Å². The highest BCUT2D eigenvalue weighted by atomic mass is 16.7. The van der Waals surface area contributed by atoms with Gasteiger partial charge in [-0.3, -0.25) is 9.59 Å². The first-order valence-electron chi connectivity index (χ1n) is 21.7. The fraction of sp³-hybridized carbons (Fsp3) is 0.804. The summed E-state index contributed by atoms with van der Waals surface area (Å²) in [5.74, 6) is -7.21. The fourth-order valence-corrected chi connectivity index (χ4v) is 9.37. The Kier molecular flexibility index (Phi) is 18.4. The van der Waals surface area contributed by atoms with Crippen LogP contribution in [0.15, 0.2) is 36.5 Å². The van der Waals surface area contributed by atoms with Crippen LogP contribution in [0.5, 0.6) is 0 Å². The molecule has 57 heavy (non-hydrogen) atoms. The maximum atomic E-state index is 13.6. The minimum Gasteiger partial charge on any atom is -0.458 e. The van der Waals surface area contributed by atoms with Gasteiger partial charge in [0.15, 0.2) is 11.6 Å². The number of aliphatic hydroxyl groups is 5. The van der Waals surface area contributed by atoms with Gasteiger partial charge in [-0.2, -0.15) is 0 Å². The van der Waals surface area contributed by atoms with E-state index in [2.05, 4.69) is 26.8 Å². The molecule has 2 bridgehead atoms. The number of ketones is 2. The van der Waals surface area contributed by atoms with Crippen molar-refractivity contribution in [2.45, 2.75) is 182 Å². The molecule has 11 heteroatoms. The predicted octanol–water partition coefficient (Wildman–Crippen LogP) is 6.27. The summed E-state index contributed by atoms with van der Waals surface area (Å²) in [6, 6.07) is 0. The molecule has 3 aliphatic rings. The number of aliphatic hydroxyl groups excluding tert-OH is 4. The number of carbonyl (C=O) groups excluding carboxylic acids is 3. The Hall–Kier alpha value is -2.25. The van der Waals surface area contributed by atoms with Crippen molar-refractivity contribution < 1.29 is 54.1 Å². The summed E-state index contributed by atoms with van der Waals surface area (Å²) in [6.45, 7) is 19.2. The number of hydrogen-bond acceptors (Lipinski definition) is 11. The van der Waals surface area contributed by atoms with E-state index < -0.39 is 89.0 Å². The number of allylic oxidation sites excluding steroid dienone is 4. The van der Waals surface area contributed by atoms with Crippen LogP contribution in [0.25, 0.3) is 0 Å². The number of esters is 1. The van der Waals surface area contributed by atoms with Crippen LogP contribution in [0.2, 0.25) is 0 Å². The van der Waals surface area contributed by atoms with Crippen molar-refractivity contribution in [3.8, 4) is 0 Å². The Balaban J connectivity index is 2.02. The van der Waals surface area contributed by atoms with Crippen LogP contribution < -0.4 is 0 Å². The zero-order valence-electron chi connectivity index (χ0n) is 36.5. The molecule has 0 unspecified atom stereocenters. The van der Waals surface area contributed by atoms with E-state index in [4.69, 9.17) is 14.2 Å². The van der Waals surface area contributed by atoms with Crippen molar-refractivity contribution >= 4 is 17.5 Å². The fourth-order valence-electron chi connectivity index (χ4n) is 9.37. The van der Waals surface area contributed by atoms with E-state index in [1.807, 2.05) is 25.2 Å². The molecular formula is C46H76O11. The molecule has 1 spiro atoms. The van der Waals surface area contributed by atoms with Gasteiger partial charge in [-0.05, 0) is 76.5 Å². The van der Waals surface area contributed by atoms with Crippen LogP contribution in [0, 0.1) is 53.3 Å². The van der Waals surface area contributed by atoms with Crippen molar-refractivity contribution in [1.29, 1.82) is 0 Å². The third kappa shape index (κ3) is 12.0. The van der Waals surface area contributed by atoms with Crippen molar-refractivity contribution in [3.05, 3.63) is 36.5 Å². The molecule has 0 aromatic carbocycles. The number of ether oxygens (including phenoxy) is 3. The van der Waals surface area contributed by atoms with E-state index in [1.165, 1.54) is 32.9 Å². The number of carbonyl (C=O) groups is 3. The molecule has 0 saturated carbocycles. The van der Waals surface area contributed by atoms with E-state index in [0.29, 0.717) is 32.1 Å². The average Bonchev–Trinajstić information content (AvgIpc) is 3.17. The molecule has 0 aliphatic carbocycles. The lowest BCUT2D eigenvalue weighted by Gasteiger charge is -2.56. The van der Waals surface area contributed by atoms with Gasteiger partial charge in [0.05, 0.1) is 42.5 Å². The van der Waals surface area contributed by atoms with Crippen LogP contribution >= 0.6 is 0 Å². The normalized spacial score (nSPS) is 46.2. The van der Waals surface area contributed by atoms with Crippen LogP contribution in [0.3, 0.4) is 0 Å². The largest absolute Gasteiger partial charge is 0.458 e. The van der Waals surface area contributed by atoms with Crippen molar-refractivity contribution in [1.82, 2.24) is 0 Å². The summed E-state index contributed by atoms with van der Waals surface area (Å²) in [5, 5.41) is 55.2. The summed E-state index contributed by atoms with van der Waals surface area (Å²) in [6.07, 6.45) is 10.3. The first-order chi connectivity index (χ1) is 26.6. The lowest BCUT2D eigenvalue weighted by atomic mass is 9.73. The van der Waals surface area contributed by atoms with Crippen LogP contribution in [0.1, 0.15) is 128 Å². The van der Waals surface area contributed by atoms with E-state index in [-0.39, 0.29) is 35.9 Å². The molecule has 326 valence electrons. The molecular weight excluding hydrogens is 728 g/mol. The topological polar surface area (TPSA) is 180 Å². The Morgan fingerprint density at radius 3 is 2.09 bits per heavy atom. The predicted molar refractivity (Wildman–Crippen MR) is 220 cm³/mol. The summed E-state index contributed by atoms with van der Waals surface area (Å²) in [4.78, 5) is 40.7. The van der Waals surface area contributed by atoms with Crippen LogP contribution in [-0.4, -0.2) is 97.2 Å². The first-order valence-corrected chi connectivity index (χ1v) is 21.7. The molecule has 0 aromatic heterocycles. The number of Topliss-reactive ketones (excluding diaryl/α,β-unsaturated/α-hetero) is 2. The smallest absolute Gasteiger partial charge is 0.330 e. The second-order valence-corrected chi connectivity index (χ2v) is 18.2. The lowest BCUT2D eigenvalue weighted by molar-refractivity contribution is -0.374. The minimum atomic E-state index is -2.18. The summed E-state index contributed by atoms with van der Waals surface area (Å²) < 4.78 is 20.3. The molecule has 0 aromatic rings. The van der Waals surface area contributed by atoms with Gasteiger partial charge >= 0.3 is 5.97 Å². The number of fused-ring (bicyclic) bond motifs is 2. The Bertz CT molecular complexity index is 1400. The van der Waals surface area contributed by atoms with Gasteiger partial charge in [-0.25, -0.2) is 4.79 Å². The molecule has 18 atom stereocenters. The van der Waals surface area contributed by atoms with Crippen molar-refractivity contribution in [2.24, 2.45) is 53.3 Å². The standard InChI is InChI=1S/C46H76O11/c1-12-34-18-16-14-15-17-28(5)43(52)45(11,54)44(53)33(10)41(51)32(9)40(50)31(8)39(49)27(4)19-22-38(48)55-42-30(7)36(21-20-34)56-46(35(42)13-2)24-23-26(3)37(57-46)25-29(6)47/h14-16,18-19,22,26-37,39,41-43,47,49,51-52,54H,12-13,17,20-21,23-25H2,1-11H3/b15-14+,18-16+,22-19+/t26-,27-,28+,29+,30+,31-,32-,33-,34-,35-,36-,37-,39+,41+,42+,43-,45+,46-/m0/s1. The number of rotatable bonds is 4. The van der Waals surface area contributed by atoms with Gasteiger partial charge in [0.25, 0.3) is 0 Å². The summed E-state index contributed by atoms with van der Waals surface area (Å²) >= 11 is 0. The Morgan fingerprint density at radius 2 is 1.47 bits per heavy atom. The zero-order chi connectivity index (χ0) is 43.0. The van der Waals surface area contributed by atoms with E-state index in [0.717, 1.165) is 19.3 Å². The highest BCUT2D eigenvalue weighted by molar-refractivity contribution is 5.91. The molecule has 3 heterocycles. The van der Waals surface area contributed by atoms with E-state index >= 15 is 0 Å². The number of hydrogen-bond donors (Lipinski definition) is 5. The highest BCUT2D eigenvalue weighted by Gasteiger charge is 2.57. The zero-order valence-corrected chi connectivity index (χ0v) is 36.5. The van der Waals surface area contributed by atoms with Gasteiger partial charge in [0, 0.05) is 42.1 Å². The molecule has 3 aliphatic heterocycles. The molecule has 11 nitrogen and oxygen atoms in total. The second kappa shape index (κ2) is 21.3. The van der Waals surface area contributed by atoms with Gasteiger partial charge in [0.1, 0.15) is 17.5 Å². The molecule has 2 fully saturated rings. The van der Waals surface area contributed by atoms with Gasteiger partial charge < -0.3 is 39.7 Å². The highest BCUT2D eigenvalue weighted by Crippen LogP contribution is 2.50. The minimum absolute atomic E-state index is 0.163. The lowest BCUT2D eigenvalue weighted by Crippen LogP contribution is -2.63. The summed E-state index contributed by atoms with van der Waals surface area (Å²) in [5.41, 5.74) is -2.18. The van der Waals surface area contributed by atoms with Crippen LogP contribution in [0.4, 0.5) is 0 Å². The van der Waals surface area contributed by atoms with E-state index in [9.17, 15) is 39.9 Å². The maximum absolute atomic E-state index is 13.6. The summed E-state index contributed by atoms with van der Waals surface area (Å²) in [7, 11) is 0. The molecule has 0 amide bonds. The second-order valence-electron chi connectivity index (χ2n) is 18.2.